The summed E-state index contributed by atoms with van der Waals surface area (Å²) in [6.45, 7) is 15.3. The number of Topliss-reactive ketones (excluding diaryl/α,β-unsaturated/α-hetero) is 3. The number of anilines is 1. The zero-order valence-corrected chi connectivity index (χ0v) is 57.7. The first kappa shape index (κ1) is 77.5. The Kier molecular flexibility index (Phi) is 31.8. The van der Waals surface area contributed by atoms with Crippen molar-refractivity contribution in [2.45, 2.75) is 189 Å². The summed E-state index contributed by atoms with van der Waals surface area (Å²) in [7, 11) is 3.70. The Balaban J connectivity index is 1.14. The number of thiazole rings is 1. The number of carbonyl (C=O) groups excluding carboxylic acids is 12. The topological polar surface area (TPSA) is 332 Å². The van der Waals surface area contributed by atoms with Crippen LogP contribution in [0.1, 0.15) is 178 Å². The Morgan fingerprint density at radius 2 is 1.49 bits per heavy atom. The molecule has 0 aliphatic carbocycles. The number of likely N-dealkylation sites (N-methyl/N-ethyl adjacent to an activating group) is 1. The molecule has 0 radical (unpaired) electrons. The predicted molar refractivity (Wildman–Crippen MR) is 360 cm³/mol. The average Bonchev–Trinajstić information content (AvgIpc) is 1.82. The van der Waals surface area contributed by atoms with Gasteiger partial charge in [-0.25, -0.2) is 14.6 Å². The molecular weight excluding hydrogens is 1240 g/mol. The Morgan fingerprint density at radius 3 is 2.13 bits per heavy atom. The Bertz CT molecular complexity index is 3120. The first-order chi connectivity index (χ1) is 45.1. The molecule has 1 aromatic heterocycles. The number of unbranched alkanes of at least 4 members (excludes halogenated alkanes) is 2. The summed E-state index contributed by atoms with van der Waals surface area (Å²) in [5, 5.41) is 15.7. The fraction of sp³-hybridized carbons (Fsp3) is 0.586. The van der Waals surface area contributed by atoms with Crippen molar-refractivity contribution in [3.05, 3.63) is 94.0 Å². The van der Waals surface area contributed by atoms with Crippen LogP contribution in [0.3, 0.4) is 0 Å². The maximum atomic E-state index is 14.5. The number of esters is 1. The molecule has 0 spiro atoms. The molecule has 0 bridgehead atoms. The number of piperidine rings is 1. The highest BCUT2D eigenvalue weighted by Crippen LogP contribution is 2.33. The number of imide groups is 1. The quantitative estimate of drug-likeness (QED) is 0.0178. The van der Waals surface area contributed by atoms with Gasteiger partial charge in [0.25, 0.3) is 17.7 Å². The van der Waals surface area contributed by atoms with Gasteiger partial charge in [0, 0.05) is 106 Å². The summed E-state index contributed by atoms with van der Waals surface area (Å²) in [5.74, 6) is -5.85. The van der Waals surface area contributed by atoms with Crippen molar-refractivity contribution < 1.29 is 67.0 Å². The zero-order valence-electron chi connectivity index (χ0n) is 56.9. The third kappa shape index (κ3) is 25.5. The molecule has 3 aromatic rings. The van der Waals surface area contributed by atoms with Gasteiger partial charge in [0.15, 0.2) is 23.5 Å². The number of amides is 9. The lowest BCUT2D eigenvalue weighted by Gasteiger charge is -2.37. The second kappa shape index (κ2) is 39.0. The van der Waals surface area contributed by atoms with Gasteiger partial charge in [-0.15, -0.1) is 11.3 Å². The minimum Gasteiger partial charge on any atom is -0.455 e. The number of urea groups is 1. The van der Waals surface area contributed by atoms with Crippen LogP contribution in [0.15, 0.2) is 72.1 Å². The number of primary amides is 1. The fourth-order valence-electron chi connectivity index (χ4n) is 12.0. The summed E-state index contributed by atoms with van der Waals surface area (Å²) in [5.41, 5.74) is 7.16. The van der Waals surface area contributed by atoms with E-state index in [0.29, 0.717) is 54.8 Å². The monoisotopic (exact) mass is 1340 g/mol. The van der Waals surface area contributed by atoms with Crippen molar-refractivity contribution in [2.75, 3.05) is 45.6 Å². The number of ketones is 3. The van der Waals surface area contributed by atoms with E-state index in [-0.39, 0.29) is 135 Å². The molecule has 1 saturated heterocycles. The highest BCUT2D eigenvalue weighted by molar-refractivity contribution is 7.09. The number of ether oxygens (including phenoxy) is 2. The van der Waals surface area contributed by atoms with Crippen LogP contribution in [-0.4, -0.2) is 155 Å². The minimum absolute atomic E-state index is 0.0575. The second-order valence-corrected chi connectivity index (χ2v) is 26.9. The van der Waals surface area contributed by atoms with Gasteiger partial charge in [-0.1, -0.05) is 110 Å². The maximum absolute atomic E-state index is 14.5. The van der Waals surface area contributed by atoms with Crippen LogP contribution >= 0.6 is 11.3 Å². The summed E-state index contributed by atoms with van der Waals surface area (Å²) >= 11 is 1.15. The van der Waals surface area contributed by atoms with Gasteiger partial charge >= 0.3 is 18.1 Å². The molecule has 2 aliphatic heterocycles. The predicted octanol–water partition coefficient (Wildman–Crippen LogP) is 8.18. The van der Waals surface area contributed by atoms with E-state index in [1.165, 1.54) is 19.1 Å². The Hall–Kier alpha value is -8.19. The van der Waals surface area contributed by atoms with E-state index in [1.54, 1.807) is 62.4 Å². The van der Waals surface area contributed by atoms with Gasteiger partial charge in [-0.3, -0.25) is 57.7 Å². The van der Waals surface area contributed by atoms with E-state index in [0.717, 1.165) is 47.6 Å². The van der Waals surface area contributed by atoms with Crippen LogP contribution in [0.25, 0.3) is 0 Å². The number of nitrogens with one attached hydrogen (secondary N) is 5. The first-order valence-electron chi connectivity index (χ1n) is 33.3. The lowest BCUT2D eigenvalue weighted by molar-refractivity contribution is -0.149. The van der Waals surface area contributed by atoms with Crippen LogP contribution in [0.4, 0.5) is 15.3 Å². The maximum Gasteiger partial charge on any atom is 0.407 e. The Labute approximate surface area is 562 Å². The molecule has 95 heavy (non-hydrogen) atoms. The highest BCUT2D eigenvalue weighted by Gasteiger charge is 2.38. The zero-order chi connectivity index (χ0) is 69.9. The number of hydrogen-bond donors (Lipinski definition) is 6. The van der Waals surface area contributed by atoms with E-state index in [9.17, 15) is 57.5 Å². The van der Waals surface area contributed by atoms with Gasteiger partial charge in [-0.2, -0.15) is 0 Å². The SMILES string of the molecule is CC[C@H](C)[C@H](CC(=O)[C@H]1CCCCN1C)C(=O)N(C)[C@H](C[C@@H](OC(C)=O)c1nc(C(=O)N[C@@H](Cc2ccccc2)C[C@H](C)C(=O)CNC(=O)OCc2ccc(NC(=O)[C@H](CCCNC(N)=O)CC(=O)[C@@H](NC(=O)CCCCCN3C(=O)C=CC3=O)C(C)C)cc2)cs1)C(C)C. The van der Waals surface area contributed by atoms with Gasteiger partial charge in [0.2, 0.25) is 17.7 Å². The number of carbonyl (C=O) groups is 12. The average molecular weight is 1340 g/mol. The number of nitrogens with two attached hydrogens (primary N) is 1. The fourth-order valence-corrected chi connectivity index (χ4v) is 12.8. The number of benzene rings is 2. The first-order valence-corrected chi connectivity index (χ1v) is 34.2. The largest absolute Gasteiger partial charge is 0.455 e. The van der Waals surface area contributed by atoms with Crippen molar-refractivity contribution in [1.29, 1.82) is 0 Å². The molecule has 520 valence electrons. The third-order valence-corrected chi connectivity index (χ3v) is 18.8. The summed E-state index contributed by atoms with van der Waals surface area (Å²) in [6, 6.07) is 13.1. The molecule has 2 aromatic carbocycles. The molecular formula is C70H100N10O14S. The second-order valence-electron chi connectivity index (χ2n) is 26.0. The van der Waals surface area contributed by atoms with Crippen molar-refractivity contribution in [2.24, 2.45) is 41.2 Å². The van der Waals surface area contributed by atoms with E-state index in [4.69, 9.17) is 15.2 Å². The molecule has 2 aliphatic rings. The molecule has 9 atom stereocenters. The summed E-state index contributed by atoms with van der Waals surface area (Å²) in [4.78, 5) is 167. The summed E-state index contributed by atoms with van der Waals surface area (Å²) < 4.78 is 11.3. The van der Waals surface area contributed by atoms with Gasteiger partial charge in [-0.05, 0) is 106 Å². The van der Waals surface area contributed by atoms with Crippen LogP contribution in [0.2, 0.25) is 0 Å². The van der Waals surface area contributed by atoms with E-state index in [1.807, 2.05) is 65.1 Å². The number of alkyl carbamates (subject to hydrolysis) is 1. The molecule has 0 unspecified atom stereocenters. The van der Waals surface area contributed by atoms with Crippen molar-refractivity contribution in [3.8, 4) is 0 Å². The van der Waals surface area contributed by atoms with Crippen LogP contribution in [0.5, 0.6) is 0 Å². The van der Waals surface area contributed by atoms with Crippen molar-refractivity contribution in [1.82, 2.24) is 41.0 Å². The van der Waals surface area contributed by atoms with Crippen LogP contribution in [0, 0.1) is 35.5 Å². The molecule has 3 heterocycles. The Morgan fingerprint density at radius 1 is 0.800 bits per heavy atom. The lowest BCUT2D eigenvalue weighted by atomic mass is 9.83. The molecule has 24 nitrogen and oxygen atoms in total. The van der Waals surface area contributed by atoms with Gasteiger partial charge in [0.05, 0.1) is 18.6 Å². The van der Waals surface area contributed by atoms with Crippen molar-refractivity contribution >= 4 is 87.9 Å². The normalized spacial score (nSPS) is 16.5. The minimum atomic E-state index is -0.904. The molecule has 5 rings (SSSR count). The standard InChI is InChI=1S/C70H100N10O14S/c1-11-45(6)53(38-57(82)55-24-17-19-33-78(55)9)68(90)79(10)56(43(2)3)39-60(94-47(8)81)67-76-54(42-95-67)66(89)75-52(36-48-21-14-12-15-22-48)35-46(7)59(84)40-73-70(92)93-41-49-26-28-51(29-27-49)74-65(88)50(23-20-32-72-69(71)91)37-58(83)64(44(4)5)77-61(85)25-16-13-18-34-80-62(86)30-31-63(80)87/h12,14-15,21-22,26-31,42-46,50,52-53,55-56,60,64H,11,13,16-20,23-25,32-41H2,1-10H3,(H,73,92)(H,74,88)(H,75,89)(H,77,85)(H3,71,72,91)/t45-,46-,50+,52+,53-,55+,56+,60+,64-/m0/s1. The van der Waals surface area contributed by atoms with E-state index >= 15 is 0 Å². The third-order valence-electron chi connectivity index (χ3n) is 17.8. The molecule has 1 fully saturated rings. The van der Waals surface area contributed by atoms with Crippen molar-refractivity contribution in [3.63, 3.8) is 0 Å². The number of nitrogens with zero attached hydrogens (tertiary/aromatic N) is 4. The van der Waals surface area contributed by atoms with Gasteiger partial charge in [0.1, 0.15) is 17.3 Å². The summed E-state index contributed by atoms with van der Waals surface area (Å²) in [6.07, 6.45) is 7.05. The van der Waals surface area contributed by atoms with E-state index in [2.05, 4.69) is 36.5 Å². The van der Waals surface area contributed by atoms with Gasteiger partial charge < -0.3 is 46.7 Å². The number of likely N-dealkylation sites (tertiary alicyclic amines) is 1. The number of aromatic nitrogens is 1. The molecule has 25 heteroatoms. The van der Waals surface area contributed by atoms with Crippen LogP contribution < -0.4 is 32.3 Å². The van der Waals surface area contributed by atoms with E-state index < -0.39 is 71.9 Å². The highest BCUT2D eigenvalue weighted by atomic mass is 32.1. The van der Waals surface area contributed by atoms with Crippen LogP contribution in [-0.2, 0) is 65.7 Å². The molecule has 7 N–H and O–H groups in total. The number of rotatable bonds is 40. The molecule has 9 amide bonds. The molecule has 0 saturated carbocycles. The lowest BCUT2D eigenvalue weighted by Crippen LogP contribution is -2.48. The smallest absolute Gasteiger partial charge is 0.407 e. The number of hydrogen-bond acceptors (Lipinski definition) is 17.